The fourth-order valence-corrected chi connectivity index (χ4v) is 4.20. The van der Waals surface area contributed by atoms with Gasteiger partial charge in [0, 0.05) is 29.2 Å². The van der Waals surface area contributed by atoms with E-state index in [1.807, 2.05) is 0 Å². The summed E-state index contributed by atoms with van der Waals surface area (Å²) in [5, 5.41) is 13.1. The fourth-order valence-electron chi connectivity index (χ4n) is 3.54. The van der Waals surface area contributed by atoms with E-state index in [2.05, 4.69) is 5.32 Å². The van der Waals surface area contributed by atoms with E-state index < -0.39 is 5.91 Å². The molecule has 0 unspecified atom stereocenters. The lowest BCUT2D eigenvalue weighted by atomic mass is 9.98. The van der Waals surface area contributed by atoms with Crippen LogP contribution in [0.1, 0.15) is 46.4 Å². The van der Waals surface area contributed by atoms with Crippen LogP contribution in [0.25, 0.3) is 0 Å². The summed E-state index contributed by atoms with van der Waals surface area (Å²) in [6, 6.07) is 9.31. The average molecular weight is 456 g/mol. The number of rotatable bonds is 5. The first-order valence-corrected chi connectivity index (χ1v) is 10.5. The second-order valence-corrected chi connectivity index (χ2v) is 8.21. The lowest BCUT2D eigenvalue weighted by molar-refractivity contribution is 0.0575. The largest absolute Gasteiger partial charge is 0.396 e. The number of hydrogen-bond donors (Lipinski definition) is 2. The molecule has 2 aromatic carbocycles. The molecule has 1 atom stereocenters. The first-order chi connectivity index (χ1) is 13.9. The monoisotopic (exact) mass is 454 g/mol. The summed E-state index contributed by atoms with van der Waals surface area (Å²) in [7, 11) is 0. The highest BCUT2D eigenvalue weighted by molar-refractivity contribution is 6.37. The Labute approximate surface area is 184 Å². The SMILES string of the molecule is O=C(Nc1ccc(Cl)cc1C(=O)N1CCCC[C@@H]1CCO)c1ccc(Cl)cc1Cl. The van der Waals surface area contributed by atoms with Gasteiger partial charge in [-0.1, -0.05) is 34.8 Å². The molecule has 5 nitrogen and oxygen atoms in total. The van der Waals surface area contributed by atoms with E-state index in [4.69, 9.17) is 34.8 Å². The van der Waals surface area contributed by atoms with E-state index in [1.165, 1.54) is 12.1 Å². The van der Waals surface area contributed by atoms with Crippen LogP contribution in [0.5, 0.6) is 0 Å². The number of hydrogen-bond acceptors (Lipinski definition) is 3. The molecular formula is C21H21Cl3N2O3. The van der Waals surface area contributed by atoms with Gasteiger partial charge in [0.2, 0.25) is 0 Å². The molecule has 0 bridgehead atoms. The number of nitrogens with one attached hydrogen (secondary N) is 1. The number of anilines is 1. The molecule has 154 valence electrons. The third kappa shape index (κ3) is 5.23. The van der Waals surface area contributed by atoms with Crippen LogP contribution in [-0.4, -0.2) is 41.0 Å². The van der Waals surface area contributed by atoms with Crippen molar-refractivity contribution in [3.05, 3.63) is 62.6 Å². The topological polar surface area (TPSA) is 69.6 Å². The minimum Gasteiger partial charge on any atom is -0.396 e. The van der Waals surface area contributed by atoms with Crippen molar-refractivity contribution < 1.29 is 14.7 Å². The van der Waals surface area contributed by atoms with Gasteiger partial charge in [0.1, 0.15) is 0 Å². The van der Waals surface area contributed by atoms with Crippen molar-refractivity contribution in [1.82, 2.24) is 4.90 Å². The van der Waals surface area contributed by atoms with Gasteiger partial charge >= 0.3 is 0 Å². The number of aliphatic hydroxyl groups excluding tert-OH is 1. The summed E-state index contributed by atoms with van der Waals surface area (Å²) in [4.78, 5) is 27.8. The van der Waals surface area contributed by atoms with E-state index in [0.29, 0.717) is 34.3 Å². The number of carbonyl (C=O) groups excluding carboxylic acids is 2. The summed E-state index contributed by atoms with van der Waals surface area (Å²) in [5.74, 6) is -0.670. The Balaban J connectivity index is 1.89. The number of aliphatic hydroxyl groups is 1. The van der Waals surface area contributed by atoms with Crippen molar-refractivity contribution in [1.29, 1.82) is 0 Å². The zero-order valence-corrected chi connectivity index (χ0v) is 17.9. The Kier molecular flexibility index (Phi) is 7.41. The summed E-state index contributed by atoms with van der Waals surface area (Å²) >= 11 is 18.2. The van der Waals surface area contributed by atoms with Crippen molar-refractivity contribution in [3.8, 4) is 0 Å². The first kappa shape index (κ1) is 21.9. The lowest BCUT2D eigenvalue weighted by Gasteiger charge is -2.36. The van der Waals surface area contributed by atoms with Gasteiger partial charge in [-0.15, -0.1) is 0 Å². The second-order valence-electron chi connectivity index (χ2n) is 6.93. The van der Waals surface area contributed by atoms with Crippen LogP contribution in [0.4, 0.5) is 5.69 Å². The smallest absolute Gasteiger partial charge is 0.257 e. The molecule has 0 saturated carbocycles. The third-order valence-corrected chi connectivity index (χ3v) is 5.77. The van der Waals surface area contributed by atoms with E-state index in [-0.39, 0.29) is 29.1 Å². The number of amides is 2. The zero-order chi connectivity index (χ0) is 21.0. The zero-order valence-electron chi connectivity index (χ0n) is 15.6. The third-order valence-electron chi connectivity index (χ3n) is 4.99. The van der Waals surface area contributed by atoms with Crippen LogP contribution in [0.15, 0.2) is 36.4 Å². The molecule has 0 aliphatic carbocycles. The maximum Gasteiger partial charge on any atom is 0.257 e. The highest BCUT2D eigenvalue weighted by Gasteiger charge is 2.29. The highest BCUT2D eigenvalue weighted by Crippen LogP contribution is 2.28. The molecule has 0 aromatic heterocycles. The van der Waals surface area contributed by atoms with Crippen molar-refractivity contribution in [2.24, 2.45) is 0 Å². The molecule has 1 heterocycles. The molecule has 0 radical (unpaired) electrons. The maximum atomic E-state index is 13.3. The van der Waals surface area contributed by atoms with Crippen LogP contribution in [0, 0.1) is 0 Å². The van der Waals surface area contributed by atoms with Crippen molar-refractivity contribution in [3.63, 3.8) is 0 Å². The Morgan fingerprint density at radius 3 is 2.48 bits per heavy atom. The van der Waals surface area contributed by atoms with Crippen molar-refractivity contribution in [2.75, 3.05) is 18.5 Å². The van der Waals surface area contributed by atoms with Gasteiger partial charge in [-0.2, -0.15) is 0 Å². The molecule has 2 amide bonds. The minimum absolute atomic E-state index is 0.0165. The van der Waals surface area contributed by atoms with Crippen molar-refractivity contribution >= 4 is 52.3 Å². The number of piperidine rings is 1. The average Bonchev–Trinajstić information content (AvgIpc) is 2.69. The summed E-state index contributed by atoms with van der Waals surface area (Å²) in [6.45, 7) is 0.620. The van der Waals surface area contributed by atoms with Gasteiger partial charge in [0.25, 0.3) is 11.8 Å². The Bertz CT molecular complexity index is 918. The highest BCUT2D eigenvalue weighted by atomic mass is 35.5. The molecule has 2 aromatic rings. The number of benzene rings is 2. The normalized spacial score (nSPS) is 16.6. The van der Waals surface area contributed by atoms with Gasteiger partial charge in [-0.25, -0.2) is 0 Å². The summed E-state index contributed by atoms with van der Waals surface area (Å²) < 4.78 is 0. The Morgan fingerprint density at radius 2 is 1.76 bits per heavy atom. The first-order valence-electron chi connectivity index (χ1n) is 9.38. The summed E-state index contributed by atoms with van der Waals surface area (Å²) in [6.07, 6.45) is 3.28. The van der Waals surface area contributed by atoms with Gasteiger partial charge in [-0.3, -0.25) is 9.59 Å². The van der Waals surface area contributed by atoms with Crippen LogP contribution < -0.4 is 5.32 Å². The van der Waals surface area contributed by atoms with Gasteiger partial charge in [-0.05, 0) is 62.1 Å². The second kappa shape index (κ2) is 9.81. The van der Waals surface area contributed by atoms with E-state index in [9.17, 15) is 14.7 Å². The minimum atomic E-state index is -0.450. The molecule has 1 aliphatic heterocycles. The molecular weight excluding hydrogens is 435 g/mol. The van der Waals surface area contributed by atoms with E-state index >= 15 is 0 Å². The number of nitrogens with zero attached hydrogens (tertiary/aromatic N) is 1. The number of likely N-dealkylation sites (tertiary alicyclic amines) is 1. The maximum absolute atomic E-state index is 13.3. The molecule has 1 fully saturated rings. The quantitative estimate of drug-likeness (QED) is 0.645. The van der Waals surface area contributed by atoms with Crippen LogP contribution in [-0.2, 0) is 0 Å². The molecule has 29 heavy (non-hydrogen) atoms. The van der Waals surface area contributed by atoms with Gasteiger partial charge in [0.15, 0.2) is 0 Å². The number of carbonyl (C=O) groups is 2. The summed E-state index contributed by atoms with van der Waals surface area (Å²) in [5.41, 5.74) is 0.907. The van der Waals surface area contributed by atoms with Gasteiger partial charge < -0.3 is 15.3 Å². The van der Waals surface area contributed by atoms with E-state index in [0.717, 1.165) is 19.3 Å². The predicted octanol–water partition coefficient (Wildman–Crippen LogP) is 5.28. The predicted molar refractivity (Wildman–Crippen MR) is 116 cm³/mol. The van der Waals surface area contributed by atoms with Crippen molar-refractivity contribution in [2.45, 2.75) is 31.7 Å². The van der Waals surface area contributed by atoms with Crippen LogP contribution >= 0.6 is 34.8 Å². The molecule has 0 spiro atoms. The van der Waals surface area contributed by atoms with Crippen LogP contribution in [0.3, 0.4) is 0 Å². The van der Waals surface area contributed by atoms with Crippen LogP contribution in [0.2, 0.25) is 15.1 Å². The Morgan fingerprint density at radius 1 is 1.03 bits per heavy atom. The molecule has 1 saturated heterocycles. The molecule has 2 N–H and O–H groups in total. The lowest BCUT2D eigenvalue weighted by Crippen LogP contribution is -2.44. The number of halogens is 3. The standard InChI is InChI=1S/C21H21Cl3N2O3/c22-13-5-7-19(25-20(28)16-6-4-14(23)12-18(16)24)17(11-13)21(29)26-9-2-1-3-15(26)8-10-27/h4-7,11-12,15,27H,1-3,8-10H2,(H,25,28)/t15-/m1/s1. The molecule has 3 rings (SSSR count). The fraction of sp³-hybridized carbons (Fsp3) is 0.333. The molecule has 1 aliphatic rings. The molecule has 8 heteroatoms. The Hall–Kier alpha value is -1.79. The van der Waals surface area contributed by atoms with E-state index in [1.54, 1.807) is 29.2 Å². The van der Waals surface area contributed by atoms with Gasteiger partial charge in [0.05, 0.1) is 21.8 Å².